The van der Waals surface area contributed by atoms with Crippen LogP contribution in [0.1, 0.15) is 65.0 Å². The maximum Gasteiger partial charge on any atom is 0.119 e. The molecule has 0 heterocycles. The molecule has 1 unspecified atom stereocenters. The summed E-state index contributed by atoms with van der Waals surface area (Å²) < 4.78 is 5.74. The van der Waals surface area contributed by atoms with Crippen LogP contribution in [0.4, 0.5) is 0 Å². The molecule has 1 aromatic rings. The van der Waals surface area contributed by atoms with Crippen molar-refractivity contribution in [2.75, 3.05) is 13.2 Å². The monoisotopic (exact) mass is 289 g/mol. The number of ether oxygens (including phenoxy) is 1. The van der Waals surface area contributed by atoms with Crippen molar-refractivity contribution >= 4 is 0 Å². The van der Waals surface area contributed by atoms with Crippen molar-refractivity contribution in [2.45, 2.75) is 59.4 Å². The van der Waals surface area contributed by atoms with E-state index in [4.69, 9.17) is 4.74 Å². The lowest BCUT2D eigenvalue weighted by Gasteiger charge is -2.20. The third-order valence-electron chi connectivity index (χ3n) is 4.48. The van der Waals surface area contributed by atoms with Crippen LogP contribution in [0.5, 0.6) is 5.75 Å². The molecule has 1 aliphatic rings. The van der Waals surface area contributed by atoms with Gasteiger partial charge in [-0.1, -0.05) is 39.3 Å². The molecule has 1 saturated carbocycles. The molecule has 0 saturated heterocycles. The molecule has 21 heavy (non-hydrogen) atoms. The fourth-order valence-corrected chi connectivity index (χ4v) is 2.83. The Balaban J connectivity index is 1.81. The fraction of sp³-hybridized carbons (Fsp3) is 0.684. The van der Waals surface area contributed by atoms with Crippen LogP contribution in [0, 0.1) is 11.3 Å². The van der Waals surface area contributed by atoms with E-state index in [2.05, 4.69) is 57.3 Å². The third-order valence-corrected chi connectivity index (χ3v) is 4.48. The summed E-state index contributed by atoms with van der Waals surface area (Å²) in [6.07, 6.45) is 5.48. The topological polar surface area (TPSA) is 21.3 Å². The van der Waals surface area contributed by atoms with E-state index in [1.807, 2.05) is 0 Å². The van der Waals surface area contributed by atoms with Crippen LogP contribution in [0.3, 0.4) is 0 Å². The highest BCUT2D eigenvalue weighted by molar-refractivity contribution is 5.29. The first-order chi connectivity index (χ1) is 10.0. The number of nitrogens with one attached hydrogen (secondary N) is 1. The molecule has 1 aromatic carbocycles. The molecular formula is C19H31NO. The maximum atomic E-state index is 5.74. The molecular weight excluding hydrogens is 258 g/mol. The predicted molar refractivity (Wildman–Crippen MR) is 89.8 cm³/mol. The molecule has 2 heteroatoms. The second-order valence-corrected chi connectivity index (χ2v) is 7.13. The molecule has 2 nitrogen and oxygen atoms in total. The lowest BCUT2D eigenvalue weighted by atomic mass is 9.99. The molecule has 0 radical (unpaired) electrons. The fourth-order valence-electron chi connectivity index (χ4n) is 2.83. The standard InChI is InChI=1S/C19H31NO/c1-5-10-19(11-12-19)14-20-16(4)17-6-8-18(9-7-17)21-13-15(2)3/h6-9,15-16,20H,5,10-14H2,1-4H3. The first-order valence-electron chi connectivity index (χ1n) is 8.51. The Bertz CT molecular complexity index is 420. The number of hydrogen-bond acceptors (Lipinski definition) is 2. The van der Waals surface area contributed by atoms with E-state index in [1.165, 1.54) is 31.2 Å². The van der Waals surface area contributed by atoms with Crippen LogP contribution in [0.15, 0.2) is 24.3 Å². The predicted octanol–water partition coefficient (Wildman–Crippen LogP) is 4.95. The van der Waals surface area contributed by atoms with Gasteiger partial charge < -0.3 is 10.1 Å². The van der Waals surface area contributed by atoms with E-state index < -0.39 is 0 Å². The Hall–Kier alpha value is -1.02. The van der Waals surface area contributed by atoms with Crippen LogP contribution in [0.25, 0.3) is 0 Å². The van der Waals surface area contributed by atoms with Gasteiger partial charge in [-0.25, -0.2) is 0 Å². The summed E-state index contributed by atoms with van der Waals surface area (Å²) in [5.74, 6) is 1.54. The van der Waals surface area contributed by atoms with Gasteiger partial charge in [-0.05, 0) is 55.2 Å². The summed E-state index contributed by atoms with van der Waals surface area (Å²) in [6.45, 7) is 10.8. The summed E-state index contributed by atoms with van der Waals surface area (Å²) in [7, 11) is 0. The summed E-state index contributed by atoms with van der Waals surface area (Å²) in [4.78, 5) is 0. The number of hydrogen-bond donors (Lipinski definition) is 1. The lowest BCUT2D eigenvalue weighted by molar-refractivity contribution is 0.271. The van der Waals surface area contributed by atoms with Gasteiger partial charge in [0.15, 0.2) is 0 Å². The van der Waals surface area contributed by atoms with Crippen molar-refractivity contribution in [3.63, 3.8) is 0 Å². The Labute approximate surface area is 130 Å². The van der Waals surface area contributed by atoms with E-state index in [0.717, 1.165) is 18.9 Å². The molecule has 118 valence electrons. The van der Waals surface area contributed by atoms with Crippen LogP contribution in [-0.2, 0) is 0 Å². The van der Waals surface area contributed by atoms with Crippen molar-refractivity contribution < 1.29 is 4.74 Å². The van der Waals surface area contributed by atoms with E-state index in [1.54, 1.807) is 0 Å². The van der Waals surface area contributed by atoms with Gasteiger partial charge in [0.1, 0.15) is 5.75 Å². The SMILES string of the molecule is CCCC1(CNC(C)c2ccc(OCC(C)C)cc2)CC1. The zero-order valence-corrected chi connectivity index (χ0v) is 14.1. The molecule has 0 spiro atoms. The minimum absolute atomic E-state index is 0.415. The number of rotatable bonds is 9. The van der Waals surface area contributed by atoms with Crippen LogP contribution < -0.4 is 10.1 Å². The van der Waals surface area contributed by atoms with Crippen LogP contribution >= 0.6 is 0 Å². The highest BCUT2D eigenvalue weighted by Crippen LogP contribution is 2.49. The van der Waals surface area contributed by atoms with Gasteiger partial charge in [0.25, 0.3) is 0 Å². The Morgan fingerprint density at radius 3 is 2.33 bits per heavy atom. The second kappa shape index (κ2) is 7.31. The molecule has 1 fully saturated rings. The highest BCUT2D eigenvalue weighted by atomic mass is 16.5. The normalized spacial score (nSPS) is 17.8. The number of benzene rings is 1. The van der Waals surface area contributed by atoms with Crippen molar-refractivity contribution in [3.8, 4) is 5.75 Å². The van der Waals surface area contributed by atoms with Crippen LogP contribution in [-0.4, -0.2) is 13.2 Å². The summed E-state index contributed by atoms with van der Waals surface area (Å²) in [6, 6.07) is 8.97. The van der Waals surface area contributed by atoms with Gasteiger partial charge in [-0.15, -0.1) is 0 Å². The molecule has 0 aliphatic heterocycles. The van der Waals surface area contributed by atoms with E-state index >= 15 is 0 Å². The van der Waals surface area contributed by atoms with E-state index in [9.17, 15) is 0 Å². The van der Waals surface area contributed by atoms with Gasteiger partial charge in [0, 0.05) is 12.6 Å². The lowest BCUT2D eigenvalue weighted by Crippen LogP contribution is -2.26. The Morgan fingerprint density at radius 2 is 1.81 bits per heavy atom. The third kappa shape index (κ3) is 5.03. The maximum absolute atomic E-state index is 5.74. The van der Waals surface area contributed by atoms with Gasteiger partial charge in [0.2, 0.25) is 0 Å². The minimum atomic E-state index is 0.415. The molecule has 1 N–H and O–H groups in total. The second-order valence-electron chi connectivity index (χ2n) is 7.13. The van der Waals surface area contributed by atoms with Gasteiger partial charge in [0.05, 0.1) is 6.61 Å². The molecule has 0 bridgehead atoms. The van der Waals surface area contributed by atoms with Crippen molar-refractivity contribution in [1.29, 1.82) is 0 Å². The first-order valence-corrected chi connectivity index (χ1v) is 8.51. The molecule has 1 aliphatic carbocycles. The van der Waals surface area contributed by atoms with Crippen molar-refractivity contribution in [3.05, 3.63) is 29.8 Å². The van der Waals surface area contributed by atoms with E-state index in [0.29, 0.717) is 17.4 Å². The quantitative estimate of drug-likeness (QED) is 0.694. The summed E-state index contributed by atoms with van der Waals surface area (Å²) in [5, 5.41) is 3.72. The molecule has 2 rings (SSSR count). The van der Waals surface area contributed by atoms with Crippen molar-refractivity contribution in [1.82, 2.24) is 5.32 Å². The summed E-state index contributed by atoms with van der Waals surface area (Å²) in [5.41, 5.74) is 1.96. The average molecular weight is 289 g/mol. The molecule has 1 atom stereocenters. The first kappa shape index (κ1) is 16.4. The van der Waals surface area contributed by atoms with Gasteiger partial charge in [-0.3, -0.25) is 0 Å². The molecule has 0 aromatic heterocycles. The summed E-state index contributed by atoms with van der Waals surface area (Å²) >= 11 is 0. The Kier molecular flexibility index (Phi) is 5.69. The van der Waals surface area contributed by atoms with Gasteiger partial charge >= 0.3 is 0 Å². The zero-order chi connectivity index (χ0) is 15.3. The Morgan fingerprint density at radius 1 is 1.14 bits per heavy atom. The average Bonchev–Trinajstić information content (AvgIpc) is 3.24. The zero-order valence-electron chi connectivity index (χ0n) is 14.1. The molecule has 0 amide bonds. The van der Waals surface area contributed by atoms with E-state index in [-0.39, 0.29) is 0 Å². The minimum Gasteiger partial charge on any atom is -0.493 e. The highest BCUT2D eigenvalue weighted by Gasteiger charge is 2.41. The van der Waals surface area contributed by atoms with Crippen molar-refractivity contribution in [2.24, 2.45) is 11.3 Å². The van der Waals surface area contributed by atoms with Crippen LogP contribution in [0.2, 0.25) is 0 Å². The largest absolute Gasteiger partial charge is 0.493 e. The van der Waals surface area contributed by atoms with Gasteiger partial charge in [-0.2, -0.15) is 0 Å². The smallest absolute Gasteiger partial charge is 0.119 e.